The SMILES string of the molecule is CC(C)(C)c1ccc(C2=NC(=CC=Cc3ccco3)C(=O)O2)cc1. The first-order valence-corrected chi connectivity index (χ1v) is 7.77. The summed E-state index contributed by atoms with van der Waals surface area (Å²) in [6, 6.07) is 11.5. The molecule has 0 fully saturated rings. The summed E-state index contributed by atoms with van der Waals surface area (Å²) >= 11 is 0. The normalized spacial score (nSPS) is 16.7. The molecule has 4 heteroatoms. The van der Waals surface area contributed by atoms with Gasteiger partial charge in [-0.3, -0.25) is 0 Å². The molecule has 0 saturated heterocycles. The summed E-state index contributed by atoms with van der Waals surface area (Å²) < 4.78 is 10.4. The predicted molar refractivity (Wildman–Crippen MR) is 93.6 cm³/mol. The van der Waals surface area contributed by atoms with Gasteiger partial charge in [0.1, 0.15) is 5.76 Å². The van der Waals surface area contributed by atoms with Gasteiger partial charge in [0, 0.05) is 5.56 Å². The number of allylic oxidation sites excluding steroid dienone is 2. The number of rotatable bonds is 3. The van der Waals surface area contributed by atoms with Crippen LogP contribution in [0.25, 0.3) is 6.08 Å². The number of esters is 1. The van der Waals surface area contributed by atoms with Crippen LogP contribution in [-0.2, 0) is 14.9 Å². The summed E-state index contributed by atoms with van der Waals surface area (Å²) in [5.41, 5.74) is 2.35. The molecule has 1 aliphatic rings. The van der Waals surface area contributed by atoms with Crippen molar-refractivity contribution in [2.75, 3.05) is 0 Å². The van der Waals surface area contributed by atoms with Gasteiger partial charge in [0.25, 0.3) is 0 Å². The van der Waals surface area contributed by atoms with E-state index in [1.807, 2.05) is 30.3 Å². The standard InChI is InChI=1S/C20H19NO3/c1-20(2,3)15-11-9-14(10-12-15)18-21-17(19(22)24-18)8-4-6-16-7-5-13-23-16/h4-13H,1-3H3. The van der Waals surface area contributed by atoms with E-state index < -0.39 is 5.97 Å². The highest BCUT2D eigenvalue weighted by Crippen LogP contribution is 2.24. The van der Waals surface area contributed by atoms with Crippen molar-refractivity contribution in [1.82, 2.24) is 0 Å². The van der Waals surface area contributed by atoms with E-state index >= 15 is 0 Å². The van der Waals surface area contributed by atoms with Gasteiger partial charge in [-0.25, -0.2) is 9.79 Å². The maximum atomic E-state index is 11.9. The molecule has 0 bridgehead atoms. The Bertz CT molecular complexity index is 817. The Labute approximate surface area is 141 Å². The van der Waals surface area contributed by atoms with E-state index in [9.17, 15) is 4.79 Å². The van der Waals surface area contributed by atoms with Crippen molar-refractivity contribution in [3.05, 3.63) is 77.4 Å². The van der Waals surface area contributed by atoms with Gasteiger partial charge >= 0.3 is 5.97 Å². The summed E-state index contributed by atoms with van der Waals surface area (Å²) in [7, 11) is 0. The molecule has 122 valence electrons. The van der Waals surface area contributed by atoms with Crippen LogP contribution in [0, 0.1) is 0 Å². The zero-order valence-corrected chi connectivity index (χ0v) is 13.9. The lowest BCUT2D eigenvalue weighted by atomic mass is 9.87. The average molecular weight is 321 g/mol. The highest BCUT2D eigenvalue weighted by Gasteiger charge is 2.24. The molecule has 2 heterocycles. The van der Waals surface area contributed by atoms with E-state index in [0.29, 0.717) is 11.7 Å². The third kappa shape index (κ3) is 3.54. The largest absolute Gasteiger partial charge is 0.465 e. The van der Waals surface area contributed by atoms with Crippen LogP contribution in [0.3, 0.4) is 0 Å². The fourth-order valence-corrected chi connectivity index (χ4v) is 2.28. The second-order valence-corrected chi connectivity index (χ2v) is 6.56. The molecule has 1 aromatic carbocycles. The van der Waals surface area contributed by atoms with Crippen LogP contribution in [0.15, 0.2) is 69.9 Å². The fraction of sp³-hybridized carbons (Fsp3) is 0.200. The highest BCUT2D eigenvalue weighted by molar-refractivity contribution is 6.11. The highest BCUT2D eigenvalue weighted by atomic mass is 16.6. The van der Waals surface area contributed by atoms with Gasteiger partial charge in [-0.15, -0.1) is 0 Å². The average Bonchev–Trinajstić information content (AvgIpc) is 3.17. The smallest absolute Gasteiger partial charge is 0.363 e. The topological polar surface area (TPSA) is 51.8 Å². The van der Waals surface area contributed by atoms with Crippen LogP contribution >= 0.6 is 0 Å². The van der Waals surface area contributed by atoms with E-state index in [1.54, 1.807) is 30.6 Å². The molecule has 0 radical (unpaired) electrons. The van der Waals surface area contributed by atoms with Crippen molar-refractivity contribution in [2.45, 2.75) is 26.2 Å². The molecule has 0 amide bonds. The Morgan fingerprint density at radius 1 is 1.08 bits per heavy atom. The second-order valence-electron chi connectivity index (χ2n) is 6.56. The number of carbonyl (C=O) groups is 1. The van der Waals surface area contributed by atoms with Gasteiger partial charge in [-0.2, -0.15) is 0 Å². The minimum absolute atomic E-state index is 0.0778. The molecule has 0 unspecified atom stereocenters. The number of hydrogen-bond donors (Lipinski definition) is 0. The molecule has 0 aliphatic carbocycles. The number of benzene rings is 1. The summed E-state index contributed by atoms with van der Waals surface area (Å²) in [5, 5.41) is 0. The Morgan fingerprint density at radius 2 is 1.83 bits per heavy atom. The van der Waals surface area contributed by atoms with E-state index in [0.717, 1.165) is 5.56 Å². The minimum Gasteiger partial charge on any atom is -0.465 e. The lowest BCUT2D eigenvalue weighted by Gasteiger charge is -2.18. The van der Waals surface area contributed by atoms with Crippen LogP contribution in [-0.4, -0.2) is 11.9 Å². The molecule has 0 atom stereocenters. The molecule has 0 saturated carbocycles. The van der Waals surface area contributed by atoms with Crippen molar-refractivity contribution in [3.63, 3.8) is 0 Å². The van der Waals surface area contributed by atoms with Crippen molar-refractivity contribution >= 4 is 17.9 Å². The van der Waals surface area contributed by atoms with E-state index in [4.69, 9.17) is 9.15 Å². The first kappa shape index (κ1) is 16.0. The van der Waals surface area contributed by atoms with Gasteiger partial charge in [0.05, 0.1) is 6.26 Å². The summed E-state index contributed by atoms with van der Waals surface area (Å²) in [5.74, 6) is 0.590. The van der Waals surface area contributed by atoms with Crippen LogP contribution in [0.5, 0.6) is 0 Å². The Hall–Kier alpha value is -2.88. The molecule has 1 aliphatic heterocycles. The van der Waals surface area contributed by atoms with Crippen LogP contribution in [0.4, 0.5) is 0 Å². The number of cyclic esters (lactones) is 1. The minimum atomic E-state index is -0.450. The predicted octanol–water partition coefficient (Wildman–Crippen LogP) is 4.48. The van der Waals surface area contributed by atoms with Crippen molar-refractivity contribution in [1.29, 1.82) is 0 Å². The van der Waals surface area contributed by atoms with Crippen molar-refractivity contribution < 1.29 is 13.9 Å². The van der Waals surface area contributed by atoms with Gasteiger partial charge in [0.15, 0.2) is 5.70 Å². The third-order valence-electron chi connectivity index (χ3n) is 3.68. The molecule has 0 spiro atoms. The van der Waals surface area contributed by atoms with Gasteiger partial charge < -0.3 is 9.15 Å². The van der Waals surface area contributed by atoms with E-state index in [1.165, 1.54) is 5.56 Å². The zero-order chi connectivity index (χ0) is 17.2. The second kappa shape index (κ2) is 6.32. The van der Waals surface area contributed by atoms with Gasteiger partial charge in [-0.1, -0.05) is 39.0 Å². The quantitative estimate of drug-likeness (QED) is 0.619. The Morgan fingerprint density at radius 3 is 2.46 bits per heavy atom. The first-order chi connectivity index (χ1) is 11.4. The fourth-order valence-electron chi connectivity index (χ4n) is 2.28. The molecule has 24 heavy (non-hydrogen) atoms. The van der Waals surface area contributed by atoms with E-state index in [-0.39, 0.29) is 11.1 Å². The number of carbonyl (C=O) groups excluding carboxylic acids is 1. The number of aliphatic imine (C=N–C) groups is 1. The number of ether oxygens (including phenoxy) is 1. The first-order valence-electron chi connectivity index (χ1n) is 7.77. The zero-order valence-electron chi connectivity index (χ0n) is 13.9. The molecular formula is C20H19NO3. The molecule has 0 N–H and O–H groups in total. The van der Waals surface area contributed by atoms with Crippen molar-refractivity contribution in [3.8, 4) is 0 Å². The number of furan rings is 1. The third-order valence-corrected chi connectivity index (χ3v) is 3.68. The molecule has 1 aromatic heterocycles. The maximum absolute atomic E-state index is 11.9. The van der Waals surface area contributed by atoms with Crippen molar-refractivity contribution in [2.24, 2.45) is 4.99 Å². The summed E-state index contributed by atoms with van der Waals surface area (Å²) in [6.07, 6.45) is 6.67. The molecule has 4 nitrogen and oxygen atoms in total. The molecule has 3 rings (SSSR count). The lowest BCUT2D eigenvalue weighted by Crippen LogP contribution is -2.11. The van der Waals surface area contributed by atoms with Crippen LogP contribution in [0.2, 0.25) is 0 Å². The summed E-state index contributed by atoms with van der Waals surface area (Å²) in [4.78, 5) is 16.2. The lowest BCUT2D eigenvalue weighted by molar-refractivity contribution is -0.130. The van der Waals surface area contributed by atoms with Gasteiger partial charge in [0.2, 0.25) is 5.90 Å². The monoisotopic (exact) mass is 321 g/mol. The number of nitrogens with zero attached hydrogens (tertiary/aromatic N) is 1. The molecule has 2 aromatic rings. The van der Waals surface area contributed by atoms with Crippen LogP contribution in [0.1, 0.15) is 37.7 Å². The Balaban J connectivity index is 1.79. The Kier molecular flexibility index (Phi) is 4.21. The number of hydrogen-bond acceptors (Lipinski definition) is 4. The van der Waals surface area contributed by atoms with E-state index in [2.05, 4.69) is 25.8 Å². The van der Waals surface area contributed by atoms with Gasteiger partial charge in [-0.05, 0) is 47.4 Å². The van der Waals surface area contributed by atoms with Crippen LogP contribution < -0.4 is 0 Å². The summed E-state index contributed by atoms with van der Waals surface area (Å²) in [6.45, 7) is 6.46. The maximum Gasteiger partial charge on any atom is 0.363 e. The molecular weight excluding hydrogens is 302 g/mol.